The summed E-state index contributed by atoms with van der Waals surface area (Å²) in [6.45, 7) is 6.63. The molecule has 0 atom stereocenters. The maximum Gasteiger partial charge on any atom is 0.280 e. The van der Waals surface area contributed by atoms with Gasteiger partial charge in [-0.05, 0) is 25.0 Å². The van der Waals surface area contributed by atoms with Crippen molar-refractivity contribution in [3.05, 3.63) is 57.5 Å². The highest BCUT2D eigenvalue weighted by Crippen LogP contribution is 2.26. The summed E-state index contributed by atoms with van der Waals surface area (Å²) in [6.07, 6.45) is 2.84. The van der Waals surface area contributed by atoms with Gasteiger partial charge in [0.2, 0.25) is 11.8 Å². The number of nitrogens with one attached hydrogen (secondary N) is 1. The molecule has 0 spiro atoms. The zero-order valence-corrected chi connectivity index (χ0v) is 21.0. The van der Waals surface area contributed by atoms with Crippen molar-refractivity contribution in [3.8, 4) is 0 Å². The number of rotatable bonds is 5. The van der Waals surface area contributed by atoms with Crippen LogP contribution in [0.25, 0.3) is 5.65 Å². The van der Waals surface area contributed by atoms with Crippen molar-refractivity contribution < 1.29 is 18.8 Å². The summed E-state index contributed by atoms with van der Waals surface area (Å²) < 4.78 is 15.9. The SMILES string of the molecule is CC(C)(C)c1cc2n(CC(=O)Nc3ccc(F)cn3)c3c(c(=O)n2n1)CN(CC(=O)N1CCCC1)C3=O. The summed E-state index contributed by atoms with van der Waals surface area (Å²) in [5.74, 6) is -1.58. The van der Waals surface area contributed by atoms with Crippen LogP contribution in [-0.2, 0) is 28.1 Å². The molecule has 0 saturated carbocycles. The fraction of sp³-hybridized carbons (Fsp3) is 0.440. The molecule has 0 aromatic carbocycles. The topological polar surface area (TPSA) is 122 Å². The Kier molecular flexibility index (Phi) is 6.04. The predicted molar refractivity (Wildman–Crippen MR) is 132 cm³/mol. The Morgan fingerprint density at radius 1 is 1.11 bits per heavy atom. The van der Waals surface area contributed by atoms with Gasteiger partial charge >= 0.3 is 0 Å². The third-order valence-electron chi connectivity index (χ3n) is 6.66. The van der Waals surface area contributed by atoms with E-state index in [-0.39, 0.29) is 53.7 Å². The van der Waals surface area contributed by atoms with E-state index in [1.54, 1.807) is 11.0 Å². The number of likely N-dealkylation sites (tertiary alicyclic amines) is 1. The third-order valence-corrected chi connectivity index (χ3v) is 6.66. The minimum atomic E-state index is -0.541. The molecule has 2 aliphatic heterocycles. The molecule has 0 aliphatic carbocycles. The monoisotopic (exact) mass is 509 g/mol. The Morgan fingerprint density at radius 2 is 1.84 bits per heavy atom. The lowest BCUT2D eigenvalue weighted by Crippen LogP contribution is -2.39. The zero-order valence-electron chi connectivity index (χ0n) is 21.0. The van der Waals surface area contributed by atoms with Gasteiger partial charge in [0.15, 0.2) is 0 Å². The van der Waals surface area contributed by atoms with Crippen molar-refractivity contribution in [2.75, 3.05) is 25.0 Å². The van der Waals surface area contributed by atoms with Crippen molar-refractivity contribution >= 4 is 29.2 Å². The summed E-state index contributed by atoms with van der Waals surface area (Å²) in [5, 5.41) is 7.08. The quantitative estimate of drug-likeness (QED) is 0.557. The number of nitrogens with zero attached hydrogens (tertiary/aromatic N) is 6. The van der Waals surface area contributed by atoms with Crippen molar-refractivity contribution in [2.45, 2.75) is 52.1 Å². The van der Waals surface area contributed by atoms with Crippen LogP contribution in [0.2, 0.25) is 0 Å². The summed E-state index contributed by atoms with van der Waals surface area (Å²) >= 11 is 0. The molecule has 5 heterocycles. The van der Waals surface area contributed by atoms with Crippen LogP contribution in [0.4, 0.5) is 10.2 Å². The van der Waals surface area contributed by atoms with Crippen LogP contribution < -0.4 is 10.9 Å². The summed E-state index contributed by atoms with van der Waals surface area (Å²) in [4.78, 5) is 59.6. The van der Waals surface area contributed by atoms with Crippen LogP contribution in [0.1, 0.15) is 55.4 Å². The molecule has 0 bridgehead atoms. The molecule has 194 valence electrons. The summed E-state index contributed by atoms with van der Waals surface area (Å²) in [7, 11) is 0. The maximum atomic E-state index is 13.5. The van der Waals surface area contributed by atoms with E-state index in [4.69, 9.17) is 0 Å². The van der Waals surface area contributed by atoms with E-state index in [9.17, 15) is 23.6 Å². The maximum absolute atomic E-state index is 13.5. The Hall–Kier alpha value is -4.09. The predicted octanol–water partition coefficient (Wildman–Crippen LogP) is 1.54. The minimum Gasteiger partial charge on any atom is -0.341 e. The summed E-state index contributed by atoms with van der Waals surface area (Å²) in [5.41, 5.74) is 0.311. The van der Waals surface area contributed by atoms with Crippen molar-refractivity contribution in [3.63, 3.8) is 0 Å². The average molecular weight is 510 g/mol. The highest BCUT2D eigenvalue weighted by molar-refractivity contribution is 6.00. The van der Waals surface area contributed by atoms with Crippen LogP contribution in [0.5, 0.6) is 0 Å². The molecule has 1 fully saturated rings. The van der Waals surface area contributed by atoms with Crippen molar-refractivity contribution in [2.24, 2.45) is 0 Å². The molecule has 37 heavy (non-hydrogen) atoms. The molecule has 0 radical (unpaired) electrons. The van der Waals surface area contributed by atoms with Gasteiger partial charge in [-0.2, -0.15) is 9.61 Å². The van der Waals surface area contributed by atoms with Gasteiger partial charge in [0, 0.05) is 24.6 Å². The molecule has 3 amide bonds. The molecule has 0 unspecified atom stereocenters. The number of pyridine rings is 1. The van der Waals surface area contributed by atoms with Gasteiger partial charge in [-0.3, -0.25) is 19.2 Å². The highest BCUT2D eigenvalue weighted by atomic mass is 19.1. The number of halogens is 1. The van der Waals surface area contributed by atoms with Gasteiger partial charge in [0.05, 0.1) is 24.0 Å². The van der Waals surface area contributed by atoms with Gasteiger partial charge in [0.1, 0.15) is 36.1 Å². The normalized spacial score (nSPS) is 15.5. The third kappa shape index (κ3) is 4.58. The van der Waals surface area contributed by atoms with Crippen LogP contribution >= 0.6 is 0 Å². The van der Waals surface area contributed by atoms with E-state index >= 15 is 0 Å². The van der Waals surface area contributed by atoms with Crippen molar-refractivity contribution in [1.82, 2.24) is 29.0 Å². The first kappa shape index (κ1) is 24.6. The molecule has 2 aliphatic rings. The molecular weight excluding hydrogens is 481 g/mol. The van der Waals surface area contributed by atoms with E-state index < -0.39 is 23.2 Å². The molecule has 12 heteroatoms. The molecule has 3 aromatic heterocycles. The Bertz CT molecular complexity index is 1460. The number of carbonyl (C=O) groups excluding carboxylic acids is 3. The molecule has 1 N–H and O–H groups in total. The molecule has 1 saturated heterocycles. The standard InChI is InChI=1S/C25H28FN7O4/c1-25(2,3)17-10-20-32(13-19(34)28-18-7-6-15(26)11-27-18)22-16(23(36)33(20)29-17)12-31(24(22)37)14-21(35)30-8-4-5-9-30/h6-7,10-11H,4-5,8-9,12-14H2,1-3H3,(H,27,28,34). The second-order valence-corrected chi connectivity index (χ2v) is 10.4. The largest absolute Gasteiger partial charge is 0.341 e. The lowest BCUT2D eigenvalue weighted by atomic mass is 9.93. The van der Waals surface area contributed by atoms with Crippen LogP contribution in [0.3, 0.4) is 0 Å². The lowest BCUT2D eigenvalue weighted by Gasteiger charge is -2.20. The zero-order chi connectivity index (χ0) is 26.5. The lowest BCUT2D eigenvalue weighted by molar-refractivity contribution is -0.130. The number of amides is 3. The minimum absolute atomic E-state index is 0.0473. The van der Waals surface area contributed by atoms with E-state index in [0.29, 0.717) is 18.8 Å². The van der Waals surface area contributed by atoms with E-state index in [1.807, 2.05) is 20.8 Å². The first-order valence-corrected chi connectivity index (χ1v) is 12.2. The van der Waals surface area contributed by atoms with E-state index in [1.165, 1.54) is 26.1 Å². The first-order valence-electron chi connectivity index (χ1n) is 12.2. The number of anilines is 1. The molecular formula is C25H28FN7O4. The Balaban J connectivity index is 1.53. The number of carbonyl (C=O) groups is 3. The smallest absolute Gasteiger partial charge is 0.280 e. The van der Waals surface area contributed by atoms with E-state index in [0.717, 1.165) is 19.0 Å². The number of fused-ring (bicyclic) bond motifs is 2. The molecule has 5 rings (SSSR count). The number of hydrogen-bond donors (Lipinski definition) is 1. The van der Waals surface area contributed by atoms with Gasteiger partial charge in [-0.15, -0.1) is 0 Å². The fourth-order valence-electron chi connectivity index (χ4n) is 4.68. The van der Waals surface area contributed by atoms with E-state index in [2.05, 4.69) is 15.4 Å². The first-order chi connectivity index (χ1) is 17.5. The van der Waals surface area contributed by atoms with Gasteiger partial charge in [-0.1, -0.05) is 20.8 Å². The number of hydrogen-bond acceptors (Lipinski definition) is 6. The van der Waals surface area contributed by atoms with Crippen LogP contribution in [0, 0.1) is 5.82 Å². The van der Waals surface area contributed by atoms with Crippen molar-refractivity contribution in [1.29, 1.82) is 0 Å². The second kappa shape index (κ2) is 9.09. The summed E-state index contributed by atoms with van der Waals surface area (Å²) in [6, 6.07) is 4.19. The second-order valence-electron chi connectivity index (χ2n) is 10.4. The molecule has 11 nitrogen and oxygen atoms in total. The van der Waals surface area contributed by atoms with Gasteiger partial charge in [-0.25, -0.2) is 9.37 Å². The van der Waals surface area contributed by atoms with Crippen LogP contribution in [-0.4, -0.2) is 66.3 Å². The average Bonchev–Trinajstić information content (AvgIpc) is 3.58. The number of aromatic nitrogens is 4. The highest BCUT2D eigenvalue weighted by Gasteiger charge is 2.37. The van der Waals surface area contributed by atoms with Gasteiger partial charge < -0.3 is 19.7 Å². The van der Waals surface area contributed by atoms with Gasteiger partial charge in [0.25, 0.3) is 11.5 Å². The van der Waals surface area contributed by atoms with Crippen LogP contribution in [0.15, 0.2) is 29.2 Å². The Labute approximate surface area is 211 Å². The fourth-order valence-corrected chi connectivity index (χ4v) is 4.68. The Morgan fingerprint density at radius 3 is 2.49 bits per heavy atom. The molecule has 3 aromatic rings.